The number of carboxylic acid groups (broad SMARTS) is 1. The van der Waals surface area contributed by atoms with E-state index in [0.29, 0.717) is 5.69 Å². The van der Waals surface area contributed by atoms with Gasteiger partial charge < -0.3 is 10.4 Å². The highest BCUT2D eigenvalue weighted by Crippen LogP contribution is 2.09. The molecular weight excluding hydrogens is 201 g/mol. The minimum atomic E-state index is -1.04. The summed E-state index contributed by atoms with van der Waals surface area (Å²) in [4.78, 5) is 21.3. The first-order valence-electron chi connectivity index (χ1n) is 4.35. The molecule has 1 amide bonds. The van der Waals surface area contributed by atoms with Gasteiger partial charge in [-0.1, -0.05) is 6.07 Å². The van der Waals surface area contributed by atoms with E-state index in [0.717, 1.165) is 0 Å². The minimum absolute atomic E-state index is 0.119. The number of aliphatic carboxylic acids is 1. The molecule has 0 aliphatic rings. The molecule has 15 heavy (non-hydrogen) atoms. The number of nitrogens with one attached hydrogen (secondary N) is 1. The first-order valence-corrected chi connectivity index (χ1v) is 4.35. The molecule has 0 atom stereocenters. The van der Waals surface area contributed by atoms with E-state index in [1.165, 1.54) is 24.3 Å². The van der Waals surface area contributed by atoms with Gasteiger partial charge in [0.05, 0.1) is 6.42 Å². The number of hydrogen-bond donors (Lipinski definition) is 2. The van der Waals surface area contributed by atoms with Crippen molar-refractivity contribution in [1.29, 1.82) is 0 Å². The zero-order valence-corrected chi connectivity index (χ0v) is 7.87. The van der Waals surface area contributed by atoms with Crippen molar-refractivity contribution < 1.29 is 19.1 Å². The number of carboxylic acids is 1. The lowest BCUT2D eigenvalue weighted by Gasteiger charge is -2.03. The predicted molar refractivity (Wildman–Crippen MR) is 51.9 cm³/mol. The molecule has 0 aromatic heterocycles. The summed E-state index contributed by atoms with van der Waals surface area (Å²) in [5.74, 6) is -1.93. The molecule has 1 aromatic rings. The van der Waals surface area contributed by atoms with E-state index in [4.69, 9.17) is 5.11 Å². The van der Waals surface area contributed by atoms with Gasteiger partial charge in [0.1, 0.15) is 5.82 Å². The van der Waals surface area contributed by atoms with Gasteiger partial charge in [-0.2, -0.15) is 0 Å². The maximum absolute atomic E-state index is 12.7. The van der Waals surface area contributed by atoms with Gasteiger partial charge in [0.2, 0.25) is 5.91 Å². The number of benzene rings is 1. The highest BCUT2D eigenvalue weighted by Gasteiger charge is 2.05. The molecule has 1 aromatic carbocycles. The molecule has 0 spiro atoms. The number of rotatable bonds is 4. The fraction of sp³-hybridized carbons (Fsp3) is 0.200. The molecule has 0 heterocycles. The van der Waals surface area contributed by atoms with E-state index in [-0.39, 0.29) is 12.8 Å². The summed E-state index contributed by atoms with van der Waals surface area (Å²) in [7, 11) is 0. The fourth-order valence-electron chi connectivity index (χ4n) is 1.01. The Hall–Kier alpha value is -1.91. The average molecular weight is 211 g/mol. The fourth-order valence-corrected chi connectivity index (χ4v) is 1.01. The highest BCUT2D eigenvalue weighted by atomic mass is 19.1. The molecule has 0 radical (unpaired) electrons. The van der Waals surface area contributed by atoms with E-state index >= 15 is 0 Å². The Morgan fingerprint density at radius 3 is 2.67 bits per heavy atom. The topological polar surface area (TPSA) is 66.4 Å². The Balaban J connectivity index is 2.48. The summed E-state index contributed by atoms with van der Waals surface area (Å²) in [5, 5.41) is 10.7. The van der Waals surface area contributed by atoms with Gasteiger partial charge in [-0.25, -0.2) is 4.39 Å². The van der Waals surface area contributed by atoms with Crippen LogP contribution in [0.3, 0.4) is 0 Å². The zero-order valence-electron chi connectivity index (χ0n) is 7.87. The minimum Gasteiger partial charge on any atom is -0.481 e. The van der Waals surface area contributed by atoms with E-state index in [1.54, 1.807) is 0 Å². The molecule has 0 bridgehead atoms. The molecule has 0 saturated heterocycles. The molecule has 1 rings (SSSR count). The molecule has 80 valence electrons. The van der Waals surface area contributed by atoms with Crippen LogP contribution in [0.2, 0.25) is 0 Å². The zero-order chi connectivity index (χ0) is 11.3. The number of carbonyl (C=O) groups excluding carboxylic acids is 1. The normalized spacial score (nSPS) is 9.67. The van der Waals surface area contributed by atoms with Crippen LogP contribution in [0.4, 0.5) is 10.1 Å². The summed E-state index contributed by atoms with van der Waals surface area (Å²) in [5.41, 5.74) is 0.324. The maximum atomic E-state index is 12.7. The number of halogens is 1. The van der Waals surface area contributed by atoms with Gasteiger partial charge in [-0.15, -0.1) is 0 Å². The van der Waals surface area contributed by atoms with Crippen molar-refractivity contribution in [3.05, 3.63) is 30.1 Å². The quantitative estimate of drug-likeness (QED) is 0.795. The van der Waals surface area contributed by atoms with Gasteiger partial charge in [0.15, 0.2) is 0 Å². The summed E-state index contributed by atoms with van der Waals surface area (Å²) in [6, 6.07) is 5.41. The summed E-state index contributed by atoms with van der Waals surface area (Å²) in [6.45, 7) is 0. The van der Waals surface area contributed by atoms with Crippen LogP contribution in [-0.4, -0.2) is 17.0 Å². The second-order valence-corrected chi connectivity index (χ2v) is 2.95. The summed E-state index contributed by atoms with van der Waals surface area (Å²) >= 11 is 0. The Labute approximate surface area is 85.7 Å². The van der Waals surface area contributed by atoms with E-state index < -0.39 is 17.7 Å². The standard InChI is InChI=1S/C10H10FNO3/c11-7-2-1-3-8(6-7)12-9(13)4-5-10(14)15/h1-3,6H,4-5H2,(H,12,13)(H,14,15). The van der Waals surface area contributed by atoms with Gasteiger partial charge >= 0.3 is 5.97 Å². The van der Waals surface area contributed by atoms with Crippen molar-refractivity contribution in [2.45, 2.75) is 12.8 Å². The van der Waals surface area contributed by atoms with E-state index in [9.17, 15) is 14.0 Å². The van der Waals surface area contributed by atoms with Crippen molar-refractivity contribution in [2.24, 2.45) is 0 Å². The van der Waals surface area contributed by atoms with Crippen LogP contribution >= 0.6 is 0 Å². The van der Waals surface area contributed by atoms with Crippen LogP contribution in [0.25, 0.3) is 0 Å². The Kier molecular flexibility index (Phi) is 3.79. The van der Waals surface area contributed by atoms with Crippen LogP contribution in [0.1, 0.15) is 12.8 Å². The molecule has 0 saturated carbocycles. The van der Waals surface area contributed by atoms with Crippen LogP contribution in [0.15, 0.2) is 24.3 Å². The second kappa shape index (κ2) is 5.09. The average Bonchev–Trinajstić information content (AvgIpc) is 2.15. The summed E-state index contributed by atoms with van der Waals surface area (Å²) < 4.78 is 12.7. The smallest absolute Gasteiger partial charge is 0.303 e. The number of anilines is 1. The van der Waals surface area contributed by atoms with Crippen LogP contribution in [0.5, 0.6) is 0 Å². The molecule has 0 unspecified atom stereocenters. The molecule has 0 aliphatic carbocycles. The van der Waals surface area contributed by atoms with Crippen molar-refractivity contribution >= 4 is 17.6 Å². The van der Waals surface area contributed by atoms with Crippen molar-refractivity contribution in [3.8, 4) is 0 Å². The molecule has 5 heteroatoms. The third kappa shape index (κ3) is 4.21. The molecule has 2 N–H and O–H groups in total. The molecule has 0 aliphatic heterocycles. The molecular formula is C10H10FNO3. The van der Waals surface area contributed by atoms with E-state index in [1.807, 2.05) is 0 Å². The first kappa shape index (κ1) is 11.2. The predicted octanol–water partition coefficient (Wildman–Crippen LogP) is 1.63. The Morgan fingerprint density at radius 1 is 1.33 bits per heavy atom. The van der Waals surface area contributed by atoms with Crippen molar-refractivity contribution in [2.75, 3.05) is 5.32 Å². The number of hydrogen-bond acceptors (Lipinski definition) is 2. The van der Waals surface area contributed by atoms with Crippen LogP contribution in [-0.2, 0) is 9.59 Å². The van der Waals surface area contributed by atoms with Gasteiger partial charge in [-0.3, -0.25) is 9.59 Å². The van der Waals surface area contributed by atoms with Crippen LogP contribution in [0, 0.1) is 5.82 Å². The summed E-state index contributed by atoms with van der Waals surface area (Å²) in [6.07, 6.45) is -0.354. The van der Waals surface area contributed by atoms with E-state index in [2.05, 4.69) is 5.32 Å². The van der Waals surface area contributed by atoms with Crippen molar-refractivity contribution in [1.82, 2.24) is 0 Å². The molecule has 4 nitrogen and oxygen atoms in total. The lowest BCUT2D eigenvalue weighted by Crippen LogP contribution is -2.13. The van der Waals surface area contributed by atoms with Gasteiger partial charge in [0, 0.05) is 12.1 Å². The Morgan fingerprint density at radius 2 is 2.07 bits per heavy atom. The lowest BCUT2D eigenvalue weighted by molar-refractivity contribution is -0.138. The van der Waals surface area contributed by atoms with Crippen molar-refractivity contribution in [3.63, 3.8) is 0 Å². The number of amides is 1. The second-order valence-electron chi connectivity index (χ2n) is 2.95. The van der Waals surface area contributed by atoms with Gasteiger partial charge in [0.25, 0.3) is 0 Å². The maximum Gasteiger partial charge on any atom is 0.303 e. The third-order valence-electron chi connectivity index (χ3n) is 1.67. The third-order valence-corrected chi connectivity index (χ3v) is 1.67. The Bertz CT molecular complexity index is 379. The van der Waals surface area contributed by atoms with Gasteiger partial charge in [-0.05, 0) is 18.2 Å². The lowest BCUT2D eigenvalue weighted by atomic mass is 10.2. The first-order chi connectivity index (χ1) is 7.08. The largest absolute Gasteiger partial charge is 0.481 e. The monoisotopic (exact) mass is 211 g/mol. The van der Waals surface area contributed by atoms with Crippen LogP contribution < -0.4 is 5.32 Å². The molecule has 0 fully saturated rings. The number of carbonyl (C=O) groups is 2. The SMILES string of the molecule is O=C(O)CCC(=O)Nc1cccc(F)c1. The highest BCUT2D eigenvalue weighted by molar-refractivity contribution is 5.92.